The van der Waals surface area contributed by atoms with E-state index in [0.29, 0.717) is 6.54 Å². The van der Waals surface area contributed by atoms with Gasteiger partial charge in [-0.05, 0) is 51.1 Å². The van der Waals surface area contributed by atoms with Crippen LogP contribution in [-0.4, -0.2) is 25.0 Å². The van der Waals surface area contributed by atoms with Gasteiger partial charge in [0.1, 0.15) is 5.75 Å². The third kappa shape index (κ3) is 6.71. The molecule has 0 aliphatic rings. The van der Waals surface area contributed by atoms with Crippen molar-refractivity contribution in [3.05, 3.63) is 29.8 Å². The van der Waals surface area contributed by atoms with Gasteiger partial charge in [0, 0.05) is 5.56 Å². The highest BCUT2D eigenvalue weighted by molar-refractivity contribution is 5.97. The Bertz CT molecular complexity index is 384. The van der Waals surface area contributed by atoms with E-state index in [1.165, 1.54) is 19.3 Å². The summed E-state index contributed by atoms with van der Waals surface area (Å²) in [6.45, 7) is 7.50. The summed E-state index contributed by atoms with van der Waals surface area (Å²) in [5, 5.41) is 3.21. The Kier molecular flexibility index (Phi) is 7.97. The van der Waals surface area contributed by atoms with Gasteiger partial charge in [0.05, 0.1) is 12.6 Å². The standard InChI is InChI=1S/C17H27NO2/c1-4-5-6-7-12-18-13-17(19)15-8-10-16(11-9-15)20-14(2)3/h8-11,14,18H,4-7,12-13H2,1-3H3. The minimum absolute atomic E-state index is 0.136. The van der Waals surface area contributed by atoms with Gasteiger partial charge in [0.25, 0.3) is 0 Å². The van der Waals surface area contributed by atoms with Crippen LogP contribution >= 0.6 is 0 Å². The van der Waals surface area contributed by atoms with Crippen molar-refractivity contribution in [1.29, 1.82) is 0 Å². The van der Waals surface area contributed by atoms with Crippen molar-refractivity contribution in [2.24, 2.45) is 0 Å². The van der Waals surface area contributed by atoms with E-state index >= 15 is 0 Å². The van der Waals surface area contributed by atoms with Crippen LogP contribution in [0.4, 0.5) is 0 Å². The Labute approximate surface area is 122 Å². The molecule has 0 radical (unpaired) electrons. The normalized spacial score (nSPS) is 10.8. The van der Waals surface area contributed by atoms with E-state index in [-0.39, 0.29) is 11.9 Å². The molecule has 0 saturated heterocycles. The summed E-state index contributed by atoms with van der Waals surface area (Å²) in [5.74, 6) is 0.945. The maximum atomic E-state index is 12.0. The van der Waals surface area contributed by atoms with Crippen LogP contribution in [0.25, 0.3) is 0 Å². The lowest BCUT2D eigenvalue weighted by atomic mass is 10.1. The largest absolute Gasteiger partial charge is 0.491 e. The van der Waals surface area contributed by atoms with Gasteiger partial charge in [-0.2, -0.15) is 0 Å². The molecule has 0 spiro atoms. The highest BCUT2D eigenvalue weighted by Gasteiger charge is 2.05. The minimum Gasteiger partial charge on any atom is -0.491 e. The lowest BCUT2D eigenvalue weighted by molar-refractivity contribution is 0.0991. The van der Waals surface area contributed by atoms with Crippen molar-refractivity contribution in [3.63, 3.8) is 0 Å². The Morgan fingerprint density at radius 3 is 2.45 bits per heavy atom. The van der Waals surface area contributed by atoms with Crippen molar-refractivity contribution in [3.8, 4) is 5.75 Å². The number of Topliss-reactive ketones (excluding diaryl/α,β-unsaturated/α-hetero) is 1. The van der Waals surface area contributed by atoms with Crippen molar-refractivity contribution in [2.75, 3.05) is 13.1 Å². The number of carbonyl (C=O) groups excluding carboxylic acids is 1. The third-order valence-electron chi connectivity index (χ3n) is 3.04. The van der Waals surface area contributed by atoms with E-state index in [1.807, 2.05) is 38.1 Å². The monoisotopic (exact) mass is 277 g/mol. The Hall–Kier alpha value is -1.35. The molecule has 1 aromatic rings. The van der Waals surface area contributed by atoms with E-state index in [4.69, 9.17) is 4.74 Å². The van der Waals surface area contributed by atoms with Gasteiger partial charge in [-0.25, -0.2) is 0 Å². The van der Waals surface area contributed by atoms with Crippen molar-refractivity contribution < 1.29 is 9.53 Å². The summed E-state index contributed by atoms with van der Waals surface area (Å²) < 4.78 is 5.56. The first-order valence-corrected chi connectivity index (χ1v) is 7.64. The molecule has 0 aliphatic carbocycles. The molecule has 0 unspecified atom stereocenters. The Morgan fingerprint density at radius 1 is 1.15 bits per heavy atom. The maximum absolute atomic E-state index is 12.0. The molecule has 20 heavy (non-hydrogen) atoms. The molecule has 0 heterocycles. The predicted molar refractivity (Wildman–Crippen MR) is 83.5 cm³/mol. The zero-order valence-corrected chi connectivity index (χ0v) is 12.9. The molecule has 0 amide bonds. The first kappa shape index (κ1) is 16.7. The fourth-order valence-corrected chi connectivity index (χ4v) is 1.97. The molecule has 0 aliphatic heterocycles. The van der Waals surface area contributed by atoms with Crippen molar-refractivity contribution >= 4 is 5.78 Å². The molecule has 1 aromatic carbocycles. The average Bonchev–Trinajstić information content (AvgIpc) is 2.42. The van der Waals surface area contributed by atoms with Crippen molar-refractivity contribution in [1.82, 2.24) is 5.32 Å². The van der Waals surface area contributed by atoms with Crippen LogP contribution in [0.15, 0.2) is 24.3 Å². The quantitative estimate of drug-likeness (QED) is 0.522. The van der Waals surface area contributed by atoms with Crippen molar-refractivity contribution in [2.45, 2.75) is 52.6 Å². The van der Waals surface area contributed by atoms with Crippen LogP contribution in [0, 0.1) is 0 Å². The number of ketones is 1. The average molecular weight is 277 g/mol. The number of benzene rings is 1. The molecule has 0 aromatic heterocycles. The van der Waals surface area contributed by atoms with Crippen LogP contribution in [0.3, 0.4) is 0 Å². The SMILES string of the molecule is CCCCCCNCC(=O)c1ccc(OC(C)C)cc1. The summed E-state index contributed by atoms with van der Waals surface area (Å²) in [5.41, 5.74) is 0.738. The van der Waals surface area contributed by atoms with Gasteiger partial charge >= 0.3 is 0 Å². The van der Waals surface area contributed by atoms with E-state index in [0.717, 1.165) is 24.3 Å². The fourth-order valence-electron chi connectivity index (χ4n) is 1.97. The molecule has 3 heteroatoms. The highest BCUT2D eigenvalue weighted by Crippen LogP contribution is 2.14. The zero-order chi connectivity index (χ0) is 14.8. The molecule has 0 fully saturated rings. The minimum atomic E-state index is 0.136. The summed E-state index contributed by atoms with van der Waals surface area (Å²) in [7, 11) is 0. The highest BCUT2D eigenvalue weighted by atomic mass is 16.5. The number of ether oxygens (including phenoxy) is 1. The van der Waals surface area contributed by atoms with E-state index in [9.17, 15) is 4.79 Å². The molecule has 1 N–H and O–H groups in total. The zero-order valence-electron chi connectivity index (χ0n) is 12.9. The second-order valence-corrected chi connectivity index (χ2v) is 5.35. The smallest absolute Gasteiger partial charge is 0.176 e. The summed E-state index contributed by atoms with van der Waals surface area (Å²) >= 11 is 0. The molecular weight excluding hydrogens is 250 g/mol. The first-order chi connectivity index (χ1) is 9.63. The van der Waals surface area contributed by atoms with Gasteiger partial charge in [0.2, 0.25) is 0 Å². The number of nitrogens with one attached hydrogen (secondary N) is 1. The predicted octanol–water partition coefficient (Wildman–Crippen LogP) is 3.83. The number of carbonyl (C=O) groups is 1. The third-order valence-corrected chi connectivity index (χ3v) is 3.04. The first-order valence-electron chi connectivity index (χ1n) is 7.64. The number of hydrogen-bond acceptors (Lipinski definition) is 3. The van der Waals surface area contributed by atoms with E-state index < -0.39 is 0 Å². The molecule has 0 bridgehead atoms. The fraction of sp³-hybridized carbons (Fsp3) is 0.588. The topological polar surface area (TPSA) is 38.3 Å². The second-order valence-electron chi connectivity index (χ2n) is 5.35. The number of hydrogen-bond donors (Lipinski definition) is 1. The van der Waals surface area contributed by atoms with Gasteiger partial charge in [-0.1, -0.05) is 26.2 Å². The van der Waals surface area contributed by atoms with Gasteiger partial charge < -0.3 is 10.1 Å². The van der Waals surface area contributed by atoms with Crippen LogP contribution in [0.1, 0.15) is 56.8 Å². The number of unbranched alkanes of at least 4 members (excludes halogenated alkanes) is 3. The lowest BCUT2D eigenvalue weighted by Gasteiger charge is -2.10. The van der Waals surface area contributed by atoms with E-state index in [1.54, 1.807) is 0 Å². The van der Waals surface area contributed by atoms with Gasteiger partial charge in [-0.3, -0.25) is 4.79 Å². The Balaban J connectivity index is 2.29. The molecule has 1 rings (SSSR count). The number of rotatable bonds is 10. The molecule has 112 valence electrons. The van der Waals surface area contributed by atoms with Crippen LogP contribution < -0.4 is 10.1 Å². The summed E-state index contributed by atoms with van der Waals surface area (Å²) in [4.78, 5) is 12.0. The summed E-state index contributed by atoms with van der Waals surface area (Å²) in [6.07, 6.45) is 5.04. The molecule has 3 nitrogen and oxygen atoms in total. The molecule has 0 atom stereocenters. The second kappa shape index (κ2) is 9.54. The molecule has 0 saturated carbocycles. The van der Waals surface area contributed by atoms with E-state index in [2.05, 4.69) is 12.2 Å². The van der Waals surface area contributed by atoms with Crippen LogP contribution in [-0.2, 0) is 0 Å². The van der Waals surface area contributed by atoms with Gasteiger partial charge in [-0.15, -0.1) is 0 Å². The van der Waals surface area contributed by atoms with Crippen LogP contribution in [0.2, 0.25) is 0 Å². The molecular formula is C17H27NO2. The maximum Gasteiger partial charge on any atom is 0.176 e. The Morgan fingerprint density at radius 2 is 1.85 bits per heavy atom. The lowest BCUT2D eigenvalue weighted by Crippen LogP contribution is -2.24. The van der Waals surface area contributed by atoms with Crippen LogP contribution in [0.5, 0.6) is 5.75 Å². The summed E-state index contributed by atoms with van der Waals surface area (Å²) in [6, 6.07) is 7.38. The van der Waals surface area contributed by atoms with Gasteiger partial charge in [0.15, 0.2) is 5.78 Å².